The molecule has 0 amide bonds. The van der Waals surface area contributed by atoms with E-state index in [9.17, 15) is 4.79 Å². The quantitative estimate of drug-likeness (QED) is 0.544. The normalized spacial score (nSPS) is 11.0. The fraction of sp³-hybridized carbons (Fsp3) is 0.143. The predicted octanol–water partition coefficient (Wildman–Crippen LogP) is 1.60. The third kappa shape index (κ3) is 2.66. The van der Waals surface area contributed by atoms with Crippen LogP contribution in [0.15, 0.2) is 41.8 Å². The van der Waals surface area contributed by atoms with Crippen molar-refractivity contribution in [3.8, 4) is 5.69 Å². The van der Waals surface area contributed by atoms with Gasteiger partial charge < -0.3 is 10.2 Å². The maximum atomic E-state index is 10.9. The van der Waals surface area contributed by atoms with Crippen LogP contribution in [0.3, 0.4) is 0 Å². The second kappa shape index (κ2) is 6.12. The van der Waals surface area contributed by atoms with Crippen LogP contribution >= 0.6 is 11.8 Å². The van der Waals surface area contributed by atoms with Crippen LogP contribution < -0.4 is 0 Å². The summed E-state index contributed by atoms with van der Waals surface area (Å²) in [4.78, 5) is 19.3. The number of aromatic nitrogens is 4. The zero-order chi connectivity index (χ0) is 15.5. The highest BCUT2D eigenvalue weighted by atomic mass is 32.2. The van der Waals surface area contributed by atoms with Crippen molar-refractivity contribution < 1.29 is 15.0 Å². The number of thioether (sulfide) groups is 1. The molecule has 0 aliphatic rings. The topological polar surface area (TPSA) is 101 Å². The maximum Gasteiger partial charge on any atom is 0.335 e. The van der Waals surface area contributed by atoms with E-state index < -0.39 is 5.97 Å². The Morgan fingerprint density at radius 2 is 2.00 bits per heavy atom. The average molecular weight is 316 g/mol. The molecule has 0 radical (unpaired) electrons. The summed E-state index contributed by atoms with van der Waals surface area (Å²) < 4.78 is 1.63. The van der Waals surface area contributed by atoms with E-state index in [4.69, 9.17) is 10.2 Å². The fourth-order valence-corrected chi connectivity index (χ4v) is 2.72. The Kier molecular flexibility index (Phi) is 4.03. The minimum atomic E-state index is -0.970. The number of hydrogen-bond donors (Lipinski definition) is 2. The van der Waals surface area contributed by atoms with E-state index in [1.807, 2.05) is 0 Å². The first-order valence-corrected chi connectivity index (χ1v) is 7.45. The molecule has 7 nitrogen and oxygen atoms in total. The van der Waals surface area contributed by atoms with Crippen LogP contribution in [0.1, 0.15) is 10.4 Å². The number of carboxylic acids is 1. The van der Waals surface area contributed by atoms with E-state index in [1.54, 1.807) is 23.0 Å². The lowest BCUT2D eigenvalue weighted by molar-refractivity contribution is 0.0697. The van der Waals surface area contributed by atoms with Gasteiger partial charge in [-0.3, -0.25) is 0 Å². The lowest BCUT2D eigenvalue weighted by Crippen LogP contribution is -2.00. The molecule has 2 aromatic heterocycles. The van der Waals surface area contributed by atoms with Crippen LogP contribution in [-0.4, -0.2) is 48.3 Å². The molecule has 2 heterocycles. The van der Waals surface area contributed by atoms with Crippen molar-refractivity contribution in [1.29, 1.82) is 0 Å². The molecule has 0 unspecified atom stereocenters. The number of hydrogen-bond acceptors (Lipinski definition) is 6. The molecule has 3 aromatic rings. The minimum Gasteiger partial charge on any atom is -0.478 e. The van der Waals surface area contributed by atoms with Crippen LogP contribution in [0.5, 0.6) is 0 Å². The highest BCUT2D eigenvalue weighted by molar-refractivity contribution is 7.99. The van der Waals surface area contributed by atoms with Crippen molar-refractivity contribution in [3.63, 3.8) is 0 Å². The SMILES string of the molecule is O=C(O)c1ccc(-n2ncc3c(SCCO)ncnc32)cc1. The third-order valence-electron chi connectivity index (χ3n) is 3.02. The van der Waals surface area contributed by atoms with Gasteiger partial charge in [0, 0.05) is 5.75 Å². The van der Waals surface area contributed by atoms with Gasteiger partial charge in [0.25, 0.3) is 0 Å². The van der Waals surface area contributed by atoms with Crippen LogP contribution in [0.25, 0.3) is 16.7 Å². The summed E-state index contributed by atoms with van der Waals surface area (Å²) in [6.07, 6.45) is 3.12. The zero-order valence-corrected chi connectivity index (χ0v) is 12.2. The van der Waals surface area contributed by atoms with Crippen molar-refractivity contribution in [2.75, 3.05) is 12.4 Å². The van der Waals surface area contributed by atoms with E-state index in [0.717, 1.165) is 16.1 Å². The van der Waals surface area contributed by atoms with Crippen LogP contribution in [0, 0.1) is 0 Å². The van der Waals surface area contributed by atoms with E-state index in [0.29, 0.717) is 11.4 Å². The average Bonchev–Trinajstić information content (AvgIpc) is 2.97. The maximum absolute atomic E-state index is 10.9. The van der Waals surface area contributed by atoms with Crippen molar-refractivity contribution in [2.45, 2.75) is 5.03 Å². The first-order valence-electron chi connectivity index (χ1n) is 6.47. The molecule has 0 bridgehead atoms. The first-order chi connectivity index (χ1) is 10.7. The van der Waals surface area contributed by atoms with Gasteiger partial charge in [0.05, 0.1) is 29.4 Å². The molecule has 0 fully saturated rings. The Morgan fingerprint density at radius 3 is 2.68 bits per heavy atom. The predicted molar refractivity (Wildman–Crippen MR) is 81.4 cm³/mol. The smallest absolute Gasteiger partial charge is 0.335 e. The van der Waals surface area contributed by atoms with Gasteiger partial charge in [0.2, 0.25) is 0 Å². The molecule has 8 heteroatoms. The molecule has 2 N–H and O–H groups in total. The van der Waals surface area contributed by atoms with Crippen molar-refractivity contribution in [1.82, 2.24) is 19.7 Å². The Bertz CT molecular complexity index is 817. The van der Waals surface area contributed by atoms with Gasteiger partial charge in [-0.05, 0) is 24.3 Å². The molecule has 0 spiro atoms. The lowest BCUT2D eigenvalue weighted by atomic mass is 10.2. The molecular formula is C14H12N4O3S. The number of carboxylic acid groups (broad SMARTS) is 1. The molecule has 0 saturated carbocycles. The summed E-state index contributed by atoms with van der Waals surface area (Å²) in [6.45, 7) is 0.0704. The molecule has 0 aliphatic heterocycles. The first kappa shape index (κ1) is 14.5. The second-order valence-electron chi connectivity index (χ2n) is 4.40. The Morgan fingerprint density at radius 1 is 1.23 bits per heavy atom. The van der Waals surface area contributed by atoms with Gasteiger partial charge >= 0.3 is 5.97 Å². The number of fused-ring (bicyclic) bond motifs is 1. The standard InChI is InChI=1S/C14H12N4O3S/c19-5-6-22-13-11-7-17-18(12(11)15-8-16-13)10-3-1-9(2-4-10)14(20)21/h1-4,7-8,19H,5-6H2,(H,20,21). The highest BCUT2D eigenvalue weighted by Crippen LogP contribution is 2.25. The van der Waals surface area contributed by atoms with Crippen LogP contribution in [0.4, 0.5) is 0 Å². The number of benzene rings is 1. The van der Waals surface area contributed by atoms with Crippen molar-refractivity contribution in [2.24, 2.45) is 0 Å². The van der Waals surface area contributed by atoms with Gasteiger partial charge in [-0.15, -0.1) is 11.8 Å². The molecule has 22 heavy (non-hydrogen) atoms. The van der Waals surface area contributed by atoms with E-state index in [2.05, 4.69) is 15.1 Å². The highest BCUT2D eigenvalue weighted by Gasteiger charge is 2.12. The largest absolute Gasteiger partial charge is 0.478 e. The molecule has 3 rings (SSSR count). The van der Waals surface area contributed by atoms with Gasteiger partial charge in [-0.25, -0.2) is 19.4 Å². The second-order valence-corrected chi connectivity index (χ2v) is 5.48. The van der Waals surface area contributed by atoms with Gasteiger partial charge in [0.1, 0.15) is 11.4 Å². The number of nitrogens with zero attached hydrogens (tertiary/aromatic N) is 4. The monoisotopic (exact) mass is 316 g/mol. The van der Waals surface area contributed by atoms with Gasteiger partial charge in [-0.2, -0.15) is 5.10 Å². The Labute approximate surface area is 129 Å². The number of carbonyl (C=O) groups is 1. The number of aliphatic hydroxyl groups excluding tert-OH is 1. The fourth-order valence-electron chi connectivity index (χ4n) is 2.01. The summed E-state index contributed by atoms with van der Waals surface area (Å²) >= 11 is 1.43. The molecule has 1 aromatic carbocycles. The molecule has 112 valence electrons. The van der Waals surface area contributed by atoms with Gasteiger partial charge in [-0.1, -0.05) is 0 Å². The summed E-state index contributed by atoms with van der Waals surface area (Å²) in [5.41, 5.74) is 1.57. The summed E-state index contributed by atoms with van der Waals surface area (Å²) in [7, 11) is 0. The summed E-state index contributed by atoms with van der Waals surface area (Å²) in [6, 6.07) is 6.40. The minimum absolute atomic E-state index is 0.0704. The number of aromatic carboxylic acids is 1. The van der Waals surface area contributed by atoms with Gasteiger partial charge in [0.15, 0.2) is 5.65 Å². The van der Waals surface area contributed by atoms with E-state index in [1.165, 1.54) is 30.2 Å². The summed E-state index contributed by atoms with van der Waals surface area (Å²) in [5, 5.41) is 23.7. The lowest BCUT2D eigenvalue weighted by Gasteiger charge is -2.04. The van der Waals surface area contributed by atoms with Crippen LogP contribution in [-0.2, 0) is 0 Å². The van der Waals surface area contributed by atoms with Crippen LogP contribution in [0.2, 0.25) is 0 Å². The zero-order valence-electron chi connectivity index (χ0n) is 11.4. The molecular weight excluding hydrogens is 304 g/mol. The molecule has 0 atom stereocenters. The third-order valence-corrected chi connectivity index (χ3v) is 4.00. The number of rotatable bonds is 5. The number of aliphatic hydroxyl groups is 1. The Hall–Kier alpha value is -2.45. The van der Waals surface area contributed by atoms with Crippen molar-refractivity contribution >= 4 is 28.8 Å². The van der Waals surface area contributed by atoms with E-state index in [-0.39, 0.29) is 12.2 Å². The summed E-state index contributed by atoms with van der Waals surface area (Å²) in [5.74, 6) is -0.424. The van der Waals surface area contributed by atoms with E-state index >= 15 is 0 Å². The van der Waals surface area contributed by atoms with Crippen molar-refractivity contribution in [3.05, 3.63) is 42.4 Å². The molecule has 0 aliphatic carbocycles. The molecule has 0 saturated heterocycles. The Balaban J connectivity index is 2.02.